The summed E-state index contributed by atoms with van der Waals surface area (Å²) in [4.78, 5) is 0. The molecule has 1 nitrogen and oxygen atoms in total. The van der Waals surface area contributed by atoms with Gasteiger partial charge in [-0.25, -0.2) is 0 Å². The molecular weight excluding hydrogens is 218 g/mol. The van der Waals surface area contributed by atoms with Gasteiger partial charge in [-0.3, -0.25) is 0 Å². The van der Waals surface area contributed by atoms with Crippen LogP contribution in [-0.4, -0.2) is 12.6 Å². The summed E-state index contributed by atoms with van der Waals surface area (Å²) in [7, 11) is 0. The van der Waals surface area contributed by atoms with Crippen LogP contribution in [0.3, 0.4) is 0 Å². The van der Waals surface area contributed by atoms with Gasteiger partial charge >= 0.3 is 0 Å². The van der Waals surface area contributed by atoms with Crippen LogP contribution < -0.4 is 5.32 Å². The zero-order valence-electron chi connectivity index (χ0n) is 12.4. The normalized spacial score (nSPS) is 41.4. The molecule has 1 heteroatoms. The van der Waals surface area contributed by atoms with Crippen molar-refractivity contribution in [2.24, 2.45) is 16.7 Å². The van der Waals surface area contributed by atoms with Gasteiger partial charge in [-0.2, -0.15) is 0 Å². The SMILES string of the molecule is CC1(C)C2CCC1(C)C(NCCC1=CCCC1)C2. The third-order valence-electron chi connectivity index (χ3n) is 6.77. The Morgan fingerprint density at radius 3 is 2.72 bits per heavy atom. The molecule has 2 saturated carbocycles. The quantitative estimate of drug-likeness (QED) is 0.731. The van der Waals surface area contributed by atoms with Crippen molar-refractivity contribution in [3.63, 3.8) is 0 Å². The first-order valence-electron chi connectivity index (χ1n) is 7.95. The second-order valence-electron chi connectivity index (χ2n) is 7.62. The number of rotatable bonds is 4. The Hall–Kier alpha value is -0.300. The molecule has 0 radical (unpaired) electrons. The standard InChI is InChI=1S/C17H29N/c1-16(2)14-8-10-17(16,3)15(12-14)18-11-9-13-6-4-5-7-13/h6,14-15,18H,4-5,7-12H2,1-3H3. The van der Waals surface area contributed by atoms with E-state index in [2.05, 4.69) is 32.2 Å². The van der Waals surface area contributed by atoms with Crippen LogP contribution in [0.25, 0.3) is 0 Å². The second-order valence-corrected chi connectivity index (χ2v) is 7.62. The van der Waals surface area contributed by atoms with E-state index in [1.54, 1.807) is 5.57 Å². The van der Waals surface area contributed by atoms with E-state index < -0.39 is 0 Å². The number of fused-ring (bicyclic) bond motifs is 2. The van der Waals surface area contributed by atoms with Crippen LogP contribution in [0.1, 0.15) is 65.7 Å². The first-order chi connectivity index (χ1) is 8.54. The van der Waals surface area contributed by atoms with Crippen molar-refractivity contribution in [3.05, 3.63) is 11.6 Å². The molecule has 3 aliphatic carbocycles. The molecule has 0 spiro atoms. The van der Waals surface area contributed by atoms with E-state index in [4.69, 9.17) is 0 Å². The molecule has 0 aromatic rings. The van der Waals surface area contributed by atoms with Gasteiger partial charge in [0.25, 0.3) is 0 Å². The predicted molar refractivity (Wildman–Crippen MR) is 77.6 cm³/mol. The molecule has 0 aromatic carbocycles. The molecule has 102 valence electrons. The average molecular weight is 247 g/mol. The highest BCUT2D eigenvalue weighted by Crippen LogP contribution is 2.65. The Kier molecular flexibility index (Phi) is 3.09. The van der Waals surface area contributed by atoms with Gasteiger partial charge in [-0.05, 0) is 68.2 Å². The Bertz CT molecular complexity index is 355. The van der Waals surface area contributed by atoms with Crippen molar-refractivity contribution in [2.45, 2.75) is 71.8 Å². The van der Waals surface area contributed by atoms with Gasteiger partial charge in [0, 0.05) is 6.04 Å². The molecule has 0 aromatic heterocycles. The van der Waals surface area contributed by atoms with E-state index >= 15 is 0 Å². The van der Waals surface area contributed by atoms with Crippen molar-refractivity contribution in [1.29, 1.82) is 0 Å². The average Bonchev–Trinajstić information content (AvgIpc) is 2.95. The summed E-state index contributed by atoms with van der Waals surface area (Å²) < 4.78 is 0. The van der Waals surface area contributed by atoms with Gasteiger partial charge in [-0.15, -0.1) is 0 Å². The van der Waals surface area contributed by atoms with Gasteiger partial charge in [0.2, 0.25) is 0 Å². The summed E-state index contributed by atoms with van der Waals surface area (Å²) in [5.41, 5.74) is 2.80. The maximum absolute atomic E-state index is 3.90. The minimum Gasteiger partial charge on any atom is -0.313 e. The number of hydrogen-bond acceptors (Lipinski definition) is 1. The third kappa shape index (κ3) is 1.78. The summed E-state index contributed by atoms with van der Waals surface area (Å²) in [6.07, 6.45) is 12.2. The molecule has 3 rings (SSSR count). The number of nitrogens with one attached hydrogen (secondary N) is 1. The fraction of sp³-hybridized carbons (Fsp3) is 0.882. The van der Waals surface area contributed by atoms with Crippen molar-refractivity contribution in [1.82, 2.24) is 5.32 Å². The summed E-state index contributed by atoms with van der Waals surface area (Å²) in [6.45, 7) is 8.75. The molecule has 0 amide bonds. The van der Waals surface area contributed by atoms with Crippen LogP contribution in [0, 0.1) is 16.7 Å². The summed E-state index contributed by atoms with van der Waals surface area (Å²) in [5.74, 6) is 0.964. The van der Waals surface area contributed by atoms with Gasteiger partial charge in [0.05, 0.1) is 0 Å². The van der Waals surface area contributed by atoms with Crippen LogP contribution in [0.4, 0.5) is 0 Å². The lowest BCUT2D eigenvalue weighted by atomic mass is 9.69. The van der Waals surface area contributed by atoms with E-state index in [1.165, 1.54) is 51.5 Å². The number of allylic oxidation sites excluding steroid dienone is 1. The van der Waals surface area contributed by atoms with Crippen molar-refractivity contribution in [3.8, 4) is 0 Å². The zero-order valence-corrected chi connectivity index (χ0v) is 12.4. The largest absolute Gasteiger partial charge is 0.313 e. The van der Waals surface area contributed by atoms with Crippen LogP contribution in [0.5, 0.6) is 0 Å². The number of hydrogen-bond donors (Lipinski definition) is 1. The minimum absolute atomic E-state index is 0.543. The third-order valence-corrected chi connectivity index (χ3v) is 6.77. The smallest absolute Gasteiger partial charge is 0.0129 e. The molecule has 0 saturated heterocycles. The van der Waals surface area contributed by atoms with Crippen molar-refractivity contribution >= 4 is 0 Å². The van der Waals surface area contributed by atoms with E-state index in [-0.39, 0.29) is 0 Å². The summed E-state index contributed by atoms with van der Waals surface area (Å²) in [6, 6.07) is 0.772. The zero-order chi connectivity index (χ0) is 12.8. The van der Waals surface area contributed by atoms with Gasteiger partial charge in [0.15, 0.2) is 0 Å². The molecular formula is C17H29N. The van der Waals surface area contributed by atoms with E-state index in [0.717, 1.165) is 12.0 Å². The Labute approximate surface area is 112 Å². The topological polar surface area (TPSA) is 12.0 Å². The molecule has 1 N–H and O–H groups in total. The first kappa shape index (κ1) is 12.7. The summed E-state index contributed by atoms with van der Waals surface area (Å²) >= 11 is 0. The second kappa shape index (κ2) is 4.37. The molecule has 3 aliphatic rings. The molecule has 2 fully saturated rings. The van der Waals surface area contributed by atoms with Crippen LogP contribution in [0.2, 0.25) is 0 Å². The van der Waals surface area contributed by atoms with E-state index in [0.29, 0.717) is 10.8 Å². The van der Waals surface area contributed by atoms with Crippen molar-refractivity contribution < 1.29 is 0 Å². The molecule has 0 heterocycles. The molecule has 3 unspecified atom stereocenters. The highest BCUT2D eigenvalue weighted by atomic mass is 15.0. The van der Waals surface area contributed by atoms with Gasteiger partial charge in [0.1, 0.15) is 0 Å². The van der Waals surface area contributed by atoms with Gasteiger partial charge < -0.3 is 5.32 Å². The Morgan fingerprint density at radius 1 is 1.33 bits per heavy atom. The lowest BCUT2D eigenvalue weighted by molar-refractivity contribution is 0.121. The fourth-order valence-electron chi connectivity index (χ4n) is 4.88. The minimum atomic E-state index is 0.543. The van der Waals surface area contributed by atoms with Gasteiger partial charge in [-0.1, -0.05) is 32.4 Å². The molecule has 0 aliphatic heterocycles. The Balaban J connectivity index is 1.55. The van der Waals surface area contributed by atoms with E-state index in [1.807, 2.05) is 0 Å². The van der Waals surface area contributed by atoms with Crippen molar-refractivity contribution in [2.75, 3.05) is 6.54 Å². The van der Waals surface area contributed by atoms with Crippen LogP contribution in [0.15, 0.2) is 11.6 Å². The lowest BCUT2D eigenvalue weighted by Gasteiger charge is -2.39. The fourth-order valence-corrected chi connectivity index (χ4v) is 4.88. The monoisotopic (exact) mass is 247 g/mol. The lowest BCUT2D eigenvalue weighted by Crippen LogP contribution is -2.44. The van der Waals surface area contributed by atoms with Crippen LogP contribution >= 0.6 is 0 Å². The highest BCUT2D eigenvalue weighted by molar-refractivity contribution is 5.13. The first-order valence-corrected chi connectivity index (χ1v) is 7.95. The molecule has 2 bridgehead atoms. The molecule has 18 heavy (non-hydrogen) atoms. The Morgan fingerprint density at radius 2 is 2.17 bits per heavy atom. The van der Waals surface area contributed by atoms with Crippen LogP contribution in [-0.2, 0) is 0 Å². The maximum Gasteiger partial charge on any atom is 0.0129 e. The highest BCUT2D eigenvalue weighted by Gasteiger charge is 2.60. The maximum atomic E-state index is 3.90. The van der Waals surface area contributed by atoms with E-state index in [9.17, 15) is 0 Å². The molecule has 3 atom stereocenters. The summed E-state index contributed by atoms with van der Waals surface area (Å²) in [5, 5.41) is 3.90. The predicted octanol–water partition coefficient (Wildman–Crippen LogP) is 4.29.